The van der Waals surface area contributed by atoms with E-state index in [-0.39, 0.29) is 22.2 Å². The van der Waals surface area contributed by atoms with E-state index in [0.29, 0.717) is 53.2 Å². The van der Waals surface area contributed by atoms with Crippen molar-refractivity contribution in [3.8, 4) is 0 Å². The van der Waals surface area contributed by atoms with Gasteiger partial charge in [-0.2, -0.15) is 33.6 Å². The van der Waals surface area contributed by atoms with Gasteiger partial charge in [0.05, 0.1) is 53.5 Å². The largest absolute Gasteiger partial charge is 0.416 e. The monoisotopic (exact) mass is 1860 g/mol. The predicted octanol–water partition coefficient (Wildman–Crippen LogP) is 27.7. The molecule has 3 aliphatic heterocycles. The second kappa shape index (κ2) is 47.5. The zero-order chi connectivity index (χ0) is 99.5. The Morgan fingerprint density at radius 2 is 1.16 bits per heavy atom. The van der Waals surface area contributed by atoms with Crippen molar-refractivity contribution in [2.45, 2.75) is 341 Å². The summed E-state index contributed by atoms with van der Waals surface area (Å²) in [6.07, 6.45) is 26.3. The Balaban J connectivity index is 0.000000147. The van der Waals surface area contributed by atoms with Crippen molar-refractivity contribution in [2.75, 3.05) is 37.6 Å². The summed E-state index contributed by atoms with van der Waals surface area (Å²) >= 11 is 0. The van der Waals surface area contributed by atoms with E-state index in [0.717, 1.165) is 108 Å². The molecule has 1 saturated heterocycles. The topological polar surface area (TPSA) is 224 Å². The van der Waals surface area contributed by atoms with Gasteiger partial charge < -0.3 is 10.2 Å². The number of H-pyrrole nitrogens is 1. The fraction of sp³-hybridized carbons (Fsp3) is 0.526. The van der Waals surface area contributed by atoms with Gasteiger partial charge in [0, 0.05) is 177 Å². The number of halogens is 3. The number of aryl methyl sites for hydroxylation is 5. The van der Waals surface area contributed by atoms with Crippen LogP contribution in [-0.4, -0.2) is 123 Å². The normalized spacial score (nSPS) is 15.6. The maximum Gasteiger partial charge on any atom is 0.416 e. The highest BCUT2D eigenvalue weighted by Crippen LogP contribution is 2.44. The van der Waals surface area contributed by atoms with Crippen molar-refractivity contribution in [1.82, 2.24) is 84.2 Å². The summed E-state index contributed by atoms with van der Waals surface area (Å²) in [5.74, 6) is 6.70. The zero-order valence-electron chi connectivity index (χ0n) is 87.6. The van der Waals surface area contributed by atoms with Gasteiger partial charge in [0.2, 0.25) is 0 Å². The quantitative estimate of drug-likeness (QED) is 0.116. The Bertz CT molecular complexity index is 6190. The summed E-state index contributed by atoms with van der Waals surface area (Å²) in [6, 6.07) is 33.8. The number of fused-ring (bicyclic) bond motifs is 7. The number of allylic oxidation sites excluding steroid dienone is 1. The first-order valence-electron chi connectivity index (χ1n) is 50.5. The zero-order valence-corrected chi connectivity index (χ0v) is 87.6. The highest BCUT2D eigenvalue weighted by molar-refractivity contribution is 6.06. The number of nitrogens with zero attached hydrogens (tertiary/aromatic N) is 18. The molecule has 1 unspecified atom stereocenters. The van der Waals surface area contributed by atoms with Crippen LogP contribution in [0, 0.1) is 38.5 Å². The van der Waals surface area contributed by atoms with Gasteiger partial charge in [-0.3, -0.25) is 30.0 Å². The van der Waals surface area contributed by atoms with Crippen molar-refractivity contribution in [2.24, 2.45) is 27.7 Å². The number of anilines is 1. The second-order valence-corrected chi connectivity index (χ2v) is 43.0. The van der Waals surface area contributed by atoms with E-state index in [2.05, 4.69) is 303 Å². The Hall–Kier alpha value is -11.1. The third-order valence-corrected chi connectivity index (χ3v) is 25.9. The Morgan fingerprint density at radius 1 is 0.518 bits per heavy atom. The average Bonchev–Trinajstić information content (AvgIpc) is 1.33. The van der Waals surface area contributed by atoms with Crippen LogP contribution in [0.5, 0.6) is 0 Å². The van der Waals surface area contributed by atoms with Crippen LogP contribution in [0.3, 0.4) is 0 Å². The molecule has 14 heterocycles. The molecule has 13 aromatic rings. The van der Waals surface area contributed by atoms with Crippen LogP contribution >= 0.6 is 0 Å². The smallest absolute Gasteiger partial charge is 0.369 e. The number of aromatic amines is 1. The van der Waals surface area contributed by atoms with Crippen LogP contribution in [0.25, 0.3) is 27.7 Å². The van der Waals surface area contributed by atoms with E-state index in [4.69, 9.17) is 9.97 Å². The molecule has 0 bridgehead atoms. The fourth-order valence-electron chi connectivity index (χ4n) is 17.4. The number of nitrogens with one attached hydrogen (secondary N) is 2. The first kappa shape index (κ1) is 106. The number of aromatic nitrogens is 16. The van der Waals surface area contributed by atoms with Crippen LogP contribution < -0.4 is 10.2 Å². The fourth-order valence-corrected chi connectivity index (χ4v) is 17.4. The highest BCUT2D eigenvalue weighted by atomic mass is 19.4. The van der Waals surface area contributed by atoms with Crippen molar-refractivity contribution >= 4 is 50.5 Å². The molecular weight excluding hydrogens is 1710 g/mol. The number of rotatable bonds is 12. The van der Waals surface area contributed by atoms with Crippen LogP contribution in [0.4, 0.5) is 24.5 Å². The van der Waals surface area contributed by atoms with E-state index in [1.54, 1.807) is 46.5 Å². The van der Waals surface area contributed by atoms with Crippen LogP contribution in [0.1, 0.15) is 374 Å². The molecular formula is C114H157F3N20. The summed E-state index contributed by atoms with van der Waals surface area (Å²) in [6.45, 7) is 65.9. The summed E-state index contributed by atoms with van der Waals surface area (Å²) in [5.41, 5.74) is 29.4. The highest BCUT2D eigenvalue weighted by Gasteiger charge is 2.37. The van der Waals surface area contributed by atoms with E-state index in [9.17, 15) is 13.2 Å². The molecule has 1 atom stereocenters. The Labute approximate surface area is 815 Å². The lowest BCUT2D eigenvalue weighted by molar-refractivity contribution is -0.138. The minimum Gasteiger partial charge on any atom is -0.369 e. The van der Waals surface area contributed by atoms with Gasteiger partial charge in [0.1, 0.15) is 5.82 Å². The first-order valence-corrected chi connectivity index (χ1v) is 50.5. The average molecular weight is 1860 g/mol. The number of piperazine rings is 1. The number of alkyl halides is 3. The summed E-state index contributed by atoms with van der Waals surface area (Å²) in [4.78, 5) is 46.8. The van der Waals surface area contributed by atoms with Crippen molar-refractivity contribution in [1.29, 1.82) is 0 Å². The van der Waals surface area contributed by atoms with Crippen LogP contribution in [0.2, 0.25) is 0 Å². The maximum atomic E-state index is 12.7. The van der Waals surface area contributed by atoms with Crippen LogP contribution in [-0.2, 0) is 48.1 Å². The molecule has 734 valence electrons. The predicted molar refractivity (Wildman–Crippen MR) is 560 cm³/mol. The molecule has 0 amide bonds. The number of hydrogen-bond donors (Lipinski definition) is 2. The number of benzene rings is 2. The van der Waals surface area contributed by atoms with E-state index in [1.165, 1.54) is 167 Å². The molecule has 3 saturated carbocycles. The van der Waals surface area contributed by atoms with Gasteiger partial charge in [-0.25, -0.2) is 38.5 Å². The van der Waals surface area contributed by atoms with E-state index >= 15 is 0 Å². The molecule has 137 heavy (non-hydrogen) atoms. The maximum absolute atomic E-state index is 12.7. The molecule has 0 radical (unpaired) electrons. The Morgan fingerprint density at radius 3 is 1.77 bits per heavy atom. The molecule has 4 fully saturated rings. The van der Waals surface area contributed by atoms with Gasteiger partial charge in [0.25, 0.3) is 0 Å². The van der Waals surface area contributed by atoms with Gasteiger partial charge in [-0.1, -0.05) is 204 Å². The number of aliphatic imine (C=N–C) groups is 2. The summed E-state index contributed by atoms with van der Waals surface area (Å²) in [7, 11) is 0. The molecule has 11 aromatic heterocycles. The molecule has 0 spiro atoms. The third kappa shape index (κ3) is 29.3. The molecule has 20 nitrogen and oxygen atoms in total. The van der Waals surface area contributed by atoms with Gasteiger partial charge in [0.15, 0.2) is 16.9 Å². The molecule has 7 aliphatic rings. The molecule has 20 rings (SSSR count). The lowest BCUT2D eigenvalue weighted by Crippen LogP contribution is -2.43. The SMILES string of the molecule is CC(C)(C)c1cc2cc(N3CCNCC3)ccc2cn1.CC(C)(C)c1ccnc2ccnn12.CC(C)C1=C2CCC(C)C2=NC1.CC(C)C1=Nc2cccc(C(F)(F)F)c2C1.CC(C)c1cnn2cccnc12.CC(C)c1n[nH]c2c1CCCC2.CCCc1ccc(C(C)C)nc1C1CC1.Cc1cc(C(C)(C)C)nc2ccnn12.Cc1ccc(C(C)C)nc1C1CC1.Cc1nccc(C(C)C)n1. The van der Waals surface area contributed by atoms with Crippen molar-refractivity contribution < 1.29 is 13.2 Å². The number of hydrogen-bond acceptors (Lipinski definition) is 16. The summed E-state index contributed by atoms with van der Waals surface area (Å²) < 4.78 is 43.7. The molecule has 23 heteroatoms. The second-order valence-electron chi connectivity index (χ2n) is 43.0. The van der Waals surface area contributed by atoms with Crippen LogP contribution in [0.15, 0.2) is 174 Å². The molecule has 4 aliphatic carbocycles. The minimum atomic E-state index is -4.28. The Kier molecular flexibility index (Phi) is 36.9. The van der Waals surface area contributed by atoms with Gasteiger partial charge >= 0.3 is 6.18 Å². The first-order chi connectivity index (χ1) is 64.9. The standard InChI is InChI=1S/C17H23N3.C14H21N.C12H12F3N.C12H17N.C11H15N3.C11H17N.C10H13N3.C10H16N2.C9H11N3.C8H12N2/c1-17(2,3)16-11-14-10-15(5-4-13(14)12-19-16)20-8-6-18-7-9-20;1-4-5-11-8-9-13(10(2)3)15-14(11)12-6-7-12;1-7(2)11-6-8-9(12(13,14)15)4-3-5-10(8)16-11;1-8(2)11-7-4-9(3)12(13-11)10-5-6-10;1-8-7-9(11(2,3)4)13-10-5-6-12-14(8)10;1-7(2)10-6-12-11-8(3)4-5-9(10)11;1-10(2,3)8-4-6-11-9-5-7-12-13(8)9;1-7(2)10-8-5-3-4-6-9(8)11-12-10;1-7(2)8-6-11-12-5-3-4-10-9(8)12;1-6(2)8-4-5-9-7(3)10-8/h4-5,10-12,18H,6-9H2,1-3H3;8-10,12H,4-7H2,1-3H3;3-5,7H,6H2,1-2H3;4,7-8,10H,5-6H2,1-3H3;5-7H,1-4H3;7-8H,4-6H2,1-3H3;4-7H,1-3H3;7H,3-6H2,1-2H3,(H,11,12);3-7H,1-2H3;4-6H,1-3H3. The minimum absolute atomic E-state index is 0.0940. The molecule has 2 N–H and O–H groups in total. The van der Waals surface area contributed by atoms with E-state index < -0.39 is 11.7 Å². The lowest BCUT2D eigenvalue weighted by Gasteiger charge is -2.29. The van der Waals surface area contributed by atoms with E-state index in [1.807, 2.05) is 84.9 Å². The third-order valence-electron chi connectivity index (χ3n) is 25.9. The van der Waals surface area contributed by atoms with Crippen molar-refractivity contribution in [3.63, 3.8) is 0 Å². The summed E-state index contributed by atoms with van der Waals surface area (Å²) in [5, 5.41) is 26.1. The van der Waals surface area contributed by atoms with Crippen molar-refractivity contribution in [3.05, 3.63) is 266 Å². The van der Waals surface area contributed by atoms with Gasteiger partial charge in [-0.15, -0.1) is 0 Å². The number of pyridine rings is 3. The van der Waals surface area contributed by atoms with Gasteiger partial charge in [-0.05, 0) is 244 Å². The molecule has 2 aromatic carbocycles. The lowest BCUT2D eigenvalue weighted by atomic mass is 9.90.